The zero-order valence-corrected chi connectivity index (χ0v) is 15.5. The molecule has 2 heterocycles. The summed E-state index contributed by atoms with van der Waals surface area (Å²) in [4.78, 5) is 17.1. The van der Waals surface area contributed by atoms with Crippen LogP contribution in [0.1, 0.15) is 25.7 Å². The van der Waals surface area contributed by atoms with Crippen molar-refractivity contribution in [2.75, 3.05) is 46.4 Å². The van der Waals surface area contributed by atoms with Crippen molar-refractivity contribution in [3.05, 3.63) is 30.1 Å². The Labute approximate surface area is 155 Å². The number of piperidine rings is 2. The maximum Gasteiger partial charge on any atom is 0.225 e. The number of ether oxygens (including phenoxy) is 2. The summed E-state index contributed by atoms with van der Waals surface area (Å²) in [6.45, 7) is 5.08. The molecule has 1 amide bonds. The molecular formula is C20H29FN2O3. The normalized spacial score (nSPS) is 20.3. The van der Waals surface area contributed by atoms with Crippen LogP contribution in [-0.4, -0.2) is 68.3 Å². The van der Waals surface area contributed by atoms with E-state index in [9.17, 15) is 9.18 Å². The van der Waals surface area contributed by atoms with Crippen LogP contribution >= 0.6 is 0 Å². The van der Waals surface area contributed by atoms with Crippen molar-refractivity contribution in [1.29, 1.82) is 0 Å². The summed E-state index contributed by atoms with van der Waals surface area (Å²) in [5.41, 5.74) is 0. The number of amides is 1. The number of hydrogen-bond donors (Lipinski definition) is 0. The quantitative estimate of drug-likeness (QED) is 0.778. The molecular weight excluding hydrogens is 335 g/mol. The third-order valence-electron chi connectivity index (χ3n) is 5.40. The van der Waals surface area contributed by atoms with E-state index >= 15 is 0 Å². The van der Waals surface area contributed by atoms with Crippen molar-refractivity contribution in [1.82, 2.24) is 9.80 Å². The van der Waals surface area contributed by atoms with Gasteiger partial charge in [-0.15, -0.1) is 0 Å². The maximum atomic E-state index is 13.2. The highest BCUT2D eigenvalue weighted by molar-refractivity contribution is 5.79. The smallest absolute Gasteiger partial charge is 0.225 e. The largest absolute Gasteiger partial charge is 0.490 e. The van der Waals surface area contributed by atoms with Gasteiger partial charge in [-0.1, -0.05) is 6.07 Å². The van der Waals surface area contributed by atoms with Gasteiger partial charge in [0.1, 0.15) is 17.7 Å². The first-order chi connectivity index (χ1) is 12.7. The fourth-order valence-corrected chi connectivity index (χ4v) is 3.81. The standard InChI is InChI=1S/C20H29FN2O3/c1-25-14-13-22-9-5-16(6-10-22)20(24)23-11-7-18(8-12-23)26-19-4-2-3-17(21)15-19/h2-4,15-16,18H,5-14H2,1H3. The number of methoxy groups -OCH3 is 1. The summed E-state index contributed by atoms with van der Waals surface area (Å²) in [6, 6.07) is 6.25. The molecule has 144 valence electrons. The predicted octanol–water partition coefficient (Wildman–Crippen LogP) is 2.55. The zero-order valence-electron chi connectivity index (χ0n) is 15.5. The molecule has 0 radical (unpaired) electrons. The number of likely N-dealkylation sites (tertiary alicyclic amines) is 2. The first-order valence-corrected chi connectivity index (χ1v) is 9.58. The second kappa shape index (κ2) is 9.33. The summed E-state index contributed by atoms with van der Waals surface area (Å²) >= 11 is 0. The molecule has 5 nitrogen and oxygen atoms in total. The molecule has 0 unspecified atom stereocenters. The lowest BCUT2D eigenvalue weighted by molar-refractivity contribution is -0.139. The molecule has 0 atom stereocenters. The molecule has 1 aromatic carbocycles. The summed E-state index contributed by atoms with van der Waals surface area (Å²) in [7, 11) is 1.72. The molecule has 2 aliphatic rings. The summed E-state index contributed by atoms with van der Waals surface area (Å²) in [5.74, 6) is 0.722. The fraction of sp³-hybridized carbons (Fsp3) is 0.650. The second-order valence-electron chi connectivity index (χ2n) is 7.21. The van der Waals surface area contributed by atoms with Crippen LogP contribution in [0.2, 0.25) is 0 Å². The molecule has 2 fully saturated rings. The minimum absolute atomic E-state index is 0.0525. The van der Waals surface area contributed by atoms with Crippen LogP contribution in [-0.2, 0) is 9.53 Å². The Balaban J connectivity index is 1.41. The van der Waals surface area contributed by atoms with E-state index < -0.39 is 0 Å². The number of carbonyl (C=O) groups is 1. The van der Waals surface area contributed by atoms with Gasteiger partial charge in [0.2, 0.25) is 5.91 Å². The number of benzene rings is 1. The Kier molecular flexibility index (Phi) is 6.86. The van der Waals surface area contributed by atoms with E-state index in [0.29, 0.717) is 11.7 Å². The van der Waals surface area contributed by atoms with E-state index in [1.54, 1.807) is 19.2 Å². The summed E-state index contributed by atoms with van der Waals surface area (Å²) < 4.78 is 24.2. The van der Waals surface area contributed by atoms with Crippen molar-refractivity contribution in [2.45, 2.75) is 31.8 Å². The lowest BCUT2D eigenvalue weighted by Gasteiger charge is -2.37. The van der Waals surface area contributed by atoms with Crippen LogP contribution in [0.3, 0.4) is 0 Å². The topological polar surface area (TPSA) is 42.0 Å². The van der Waals surface area contributed by atoms with Crippen LogP contribution in [0.15, 0.2) is 24.3 Å². The molecule has 3 rings (SSSR count). The summed E-state index contributed by atoms with van der Waals surface area (Å²) in [5, 5.41) is 0. The zero-order chi connectivity index (χ0) is 18.4. The van der Waals surface area contributed by atoms with Gasteiger partial charge in [-0.25, -0.2) is 4.39 Å². The van der Waals surface area contributed by atoms with Crippen molar-refractivity contribution in [3.8, 4) is 5.75 Å². The van der Waals surface area contributed by atoms with Crippen molar-refractivity contribution >= 4 is 5.91 Å². The molecule has 0 spiro atoms. The van der Waals surface area contributed by atoms with Crippen LogP contribution < -0.4 is 4.74 Å². The minimum atomic E-state index is -0.285. The predicted molar refractivity (Wildman–Crippen MR) is 97.7 cm³/mol. The van der Waals surface area contributed by atoms with Crippen LogP contribution in [0, 0.1) is 11.7 Å². The molecule has 2 saturated heterocycles. The minimum Gasteiger partial charge on any atom is -0.490 e. The van der Waals surface area contributed by atoms with Crippen LogP contribution in [0.4, 0.5) is 4.39 Å². The second-order valence-corrected chi connectivity index (χ2v) is 7.21. The molecule has 6 heteroatoms. The molecule has 0 bridgehead atoms. The summed E-state index contributed by atoms with van der Waals surface area (Å²) in [6.07, 6.45) is 3.52. The Morgan fingerprint density at radius 2 is 1.88 bits per heavy atom. The third-order valence-corrected chi connectivity index (χ3v) is 5.40. The van der Waals surface area contributed by atoms with Gasteiger partial charge >= 0.3 is 0 Å². The van der Waals surface area contributed by atoms with Gasteiger partial charge in [-0.3, -0.25) is 4.79 Å². The number of halogens is 1. The highest BCUT2D eigenvalue weighted by atomic mass is 19.1. The van der Waals surface area contributed by atoms with E-state index in [2.05, 4.69) is 4.90 Å². The lowest BCUT2D eigenvalue weighted by Crippen LogP contribution is -2.47. The van der Waals surface area contributed by atoms with Gasteiger partial charge < -0.3 is 19.3 Å². The average molecular weight is 364 g/mol. The number of nitrogens with zero attached hydrogens (tertiary/aromatic N) is 2. The third kappa shape index (κ3) is 5.17. The highest BCUT2D eigenvalue weighted by Crippen LogP contribution is 2.24. The maximum absolute atomic E-state index is 13.2. The van der Waals surface area contributed by atoms with Gasteiger partial charge in [0.15, 0.2) is 0 Å². The fourth-order valence-electron chi connectivity index (χ4n) is 3.81. The SMILES string of the molecule is COCCN1CCC(C(=O)N2CCC(Oc3cccc(F)c3)CC2)CC1. The molecule has 0 N–H and O–H groups in total. The van der Waals surface area contributed by atoms with Gasteiger partial charge in [0.25, 0.3) is 0 Å². The van der Waals surface area contributed by atoms with Gasteiger partial charge in [0.05, 0.1) is 6.61 Å². The van der Waals surface area contributed by atoms with Gasteiger partial charge in [-0.2, -0.15) is 0 Å². The van der Waals surface area contributed by atoms with Crippen LogP contribution in [0.5, 0.6) is 5.75 Å². The molecule has 0 aliphatic carbocycles. The Hall–Kier alpha value is -1.66. The molecule has 26 heavy (non-hydrogen) atoms. The Bertz CT molecular complexity index is 582. The Morgan fingerprint density at radius 3 is 2.54 bits per heavy atom. The van der Waals surface area contributed by atoms with E-state index in [4.69, 9.17) is 9.47 Å². The first kappa shape index (κ1) is 19.1. The van der Waals surface area contributed by atoms with Crippen molar-refractivity contribution in [3.63, 3.8) is 0 Å². The Morgan fingerprint density at radius 1 is 1.15 bits per heavy atom. The lowest BCUT2D eigenvalue weighted by atomic mass is 9.94. The molecule has 0 saturated carbocycles. The average Bonchev–Trinajstić information content (AvgIpc) is 2.67. The molecule has 1 aromatic rings. The number of hydrogen-bond acceptors (Lipinski definition) is 4. The van der Waals surface area contributed by atoms with E-state index in [1.807, 2.05) is 4.90 Å². The monoisotopic (exact) mass is 364 g/mol. The van der Waals surface area contributed by atoms with E-state index in [-0.39, 0.29) is 17.8 Å². The molecule has 0 aromatic heterocycles. The number of carbonyl (C=O) groups excluding carboxylic acids is 1. The van der Waals surface area contributed by atoms with E-state index in [1.165, 1.54) is 12.1 Å². The molecule has 2 aliphatic heterocycles. The van der Waals surface area contributed by atoms with E-state index in [0.717, 1.165) is 65.0 Å². The first-order valence-electron chi connectivity index (χ1n) is 9.58. The van der Waals surface area contributed by atoms with Crippen LogP contribution in [0.25, 0.3) is 0 Å². The van der Waals surface area contributed by atoms with Crippen molar-refractivity contribution in [2.24, 2.45) is 5.92 Å². The highest BCUT2D eigenvalue weighted by Gasteiger charge is 2.31. The number of rotatable bonds is 6. The van der Waals surface area contributed by atoms with Gasteiger partial charge in [0, 0.05) is 51.6 Å². The van der Waals surface area contributed by atoms with Gasteiger partial charge in [-0.05, 0) is 38.1 Å². The van der Waals surface area contributed by atoms with Crippen molar-refractivity contribution < 1.29 is 18.7 Å².